The molecular formula is C36H28FIN2O4S. The number of para-hydroxylation sites is 1. The van der Waals surface area contributed by atoms with E-state index in [4.69, 9.17) is 19.2 Å². The second kappa shape index (κ2) is 12.3. The molecule has 1 atom stereocenters. The summed E-state index contributed by atoms with van der Waals surface area (Å²) in [7, 11) is 3.22. The maximum absolute atomic E-state index is 14.2. The fourth-order valence-corrected chi connectivity index (χ4v) is 7.85. The Morgan fingerprint density at radius 2 is 1.73 bits per heavy atom. The number of benzene rings is 4. The molecule has 226 valence electrons. The molecule has 0 amide bonds. The van der Waals surface area contributed by atoms with E-state index in [9.17, 15) is 9.18 Å². The molecule has 6 nitrogen and oxygen atoms in total. The minimum atomic E-state index is -0.341. The molecular weight excluding hydrogens is 702 g/mol. The van der Waals surface area contributed by atoms with E-state index < -0.39 is 0 Å². The molecule has 1 aromatic heterocycles. The van der Waals surface area contributed by atoms with E-state index in [1.807, 2.05) is 53.1 Å². The highest BCUT2D eigenvalue weighted by atomic mass is 127. The third kappa shape index (κ3) is 5.37. The van der Waals surface area contributed by atoms with Gasteiger partial charge in [0.15, 0.2) is 16.3 Å². The predicted molar refractivity (Wildman–Crippen MR) is 182 cm³/mol. The van der Waals surface area contributed by atoms with Crippen LogP contribution in [0.15, 0.2) is 100 Å². The van der Waals surface area contributed by atoms with Crippen molar-refractivity contribution >= 4 is 45.7 Å². The zero-order valence-corrected chi connectivity index (χ0v) is 27.5. The SMILES string of the molecule is COc1ccccc1[C@@H]1C2=C(N=c3s/c(=C\c4cc(I)c(OCc5ccccc5F)c(OC)c4)c(=O)n31)c1ccccc1CC2. The number of halogens is 2. The monoisotopic (exact) mass is 730 g/mol. The molecule has 1 aliphatic heterocycles. The molecule has 5 aromatic rings. The van der Waals surface area contributed by atoms with Crippen LogP contribution in [0.2, 0.25) is 0 Å². The topological polar surface area (TPSA) is 62.0 Å². The number of allylic oxidation sites excluding steroid dienone is 1. The smallest absolute Gasteiger partial charge is 0.271 e. The number of hydrogen-bond donors (Lipinski definition) is 0. The second-order valence-electron chi connectivity index (χ2n) is 10.8. The van der Waals surface area contributed by atoms with E-state index in [1.165, 1.54) is 23.0 Å². The number of aromatic nitrogens is 1. The molecule has 0 N–H and O–H groups in total. The van der Waals surface area contributed by atoms with E-state index in [2.05, 4.69) is 40.8 Å². The predicted octanol–water partition coefficient (Wildman–Crippen LogP) is 6.66. The fraction of sp³-hybridized carbons (Fsp3) is 0.167. The molecule has 0 spiro atoms. The first kappa shape index (κ1) is 29.5. The van der Waals surface area contributed by atoms with Gasteiger partial charge >= 0.3 is 0 Å². The molecule has 1 aliphatic carbocycles. The highest BCUT2D eigenvalue weighted by molar-refractivity contribution is 14.1. The van der Waals surface area contributed by atoms with Gasteiger partial charge in [0.1, 0.15) is 18.2 Å². The summed E-state index contributed by atoms with van der Waals surface area (Å²) in [5, 5.41) is 0. The zero-order chi connectivity index (χ0) is 31.1. The van der Waals surface area contributed by atoms with Gasteiger partial charge in [-0.05, 0) is 82.5 Å². The van der Waals surface area contributed by atoms with Crippen molar-refractivity contribution in [1.29, 1.82) is 0 Å². The Bertz CT molecular complexity index is 2170. The third-order valence-electron chi connectivity index (χ3n) is 8.19. The van der Waals surface area contributed by atoms with E-state index in [1.54, 1.807) is 32.4 Å². The molecule has 2 aliphatic rings. The summed E-state index contributed by atoms with van der Waals surface area (Å²) in [5.74, 6) is 1.42. The Morgan fingerprint density at radius 3 is 2.56 bits per heavy atom. The lowest BCUT2D eigenvalue weighted by Crippen LogP contribution is -2.39. The summed E-state index contributed by atoms with van der Waals surface area (Å²) < 4.78 is 34.8. The van der Waals surface area contributed by atoms with E-state index in [-0.39, 0.29) is 24.0 Å². The Hall–Kier alpha value is -4.22. The highest BCUT2D eigenvalue weighted by Crippen LogP contribution is 2.43. The van der Waals surface area contributed by atoms with Gasteiger partial charge in [0.2, 0.25) is 0 Å². The number of thiazole rings is 1. The van der Waals surface area contributed by atoms with Gasteiger partial charge in [-0.2, -0.15) is 0 Å². The van der Waals surface area contributed by atoms with Crippen LogP contribution in [0.1, 0.15) is 40.3 Å². The standard InChI is InChI=1S/C36H28FIN2O4S/c1-42-29-14-8-6-12-25(29)33-26-16-15-22-9-3-5-11-24(22)32(26)39-36-40(33)35(41)31(45-36)19-21-17-28(38)34(30(18-21)43-2)44-20-23-10-4-7-13-27(23)37/h3-14,17-19,33H,15-16,20H2,1-2H3/b31-19-/t33-/m1/s1. The summed E-state index contributed by atoms with van der Waals surface area (Å²) in [6.45, 7) is 0.0632. The van der Waals surface area contributed by atoms with Gasteiger partial charge in [-0.25, -0.2) is 9.38 Å². The lowest BCUT2D eigenvalue weighted by molar-refractivity contribution is 0.277. The van der Waals surface area contributed by atoms with Gasteiger partial charge in [-0.1, -0.05) is 72.0 Å². The molecule has 0 fully saturated rings. The van der Waals surface area contributed by atoms with Crippen LogP contribution >= 0.6 is 33.9 Å². The van der Waals surface area contributed by atoms with Crippen molar-refractivity contribution in [2.45, 2.75) is 25.5 Å². The molecule has 0 saturated heterocycles. The van der Waals surface area contributed by atoms with Gasteiger partial charge in [-0.15, -0.1) is 0 Å². The minimum absolute atomic E-state index is 0.0632. The molecule has 0 saturated carbocycles. The summed E-state index contributed by atoms with van der Waals surface area (Å²) in [6.07, 6.45) is 3.54. The first-order chi connectivity index (χ1) is 22.0. The molecule has 2 heterocycles. The fourth-order valence-electron chi connectivity index (χ4n) is 6.07. The van der Waals surface area contributed by atoms with Crippen molar-refractivity contribution in [3.05, 3.63) is 147 Å². The highest BCUT2D eigenvalue weighted by Gasteiger charge is 2.34. The average molecular weight is 731 g/mol. The number of nitrogens with zero attached hydrogens (tertiary/aromatic N) is 2. The summed E-state index contributed by atoms with van der Waals surface area (Å²) in [4.78, 5) is 20.0. The van der Waals surface area contributed by atoms with Gasteiger partial charge in [0, 0.05) is 16.7 Å². The van der Waals surface area contributed by atoms with Gasteiger partial charge in [0.05, 0.1) is 34.1 Å². The van der Waals surface area contributed by atoms with E-state index >= 15 is 0 Å². The molecule has 0 unspecified atom stereocenters. The van der Waals surface area contributed by atoms with Crippen molar-refractivity contribution in [1.82, 2.24) is 4.57 Å². The third-order valence-corrected chi connectivity index (χ3v) is 9.97. The Kier molecular flexibility index (Phi) is 8.05. The Morgan fingerprint density at radius 1 is 0.978 bits per heavy atom. The Labute approximate surface area is 276 Å². The van der Waals surface area contributed by atoms with Crippen LogP contribution in [0, 0.1) is 9.39 Å². The lowest BCUT2D eigenvalue weighted by Gasteiger charge is -2.31. The minimum Gasteiger partial charge on any atom is -0.496 e. The molecule has 9 heteroatoms. The number of rotatable bonds is 7. The van der Waals surface area contributed by atoms with Crippen LogP contribution in [0.25, 0.3) is 11.8 Å². The maximum atomic E-state index is 14.2. The molecule has 45 heavy (non-hydrogen) atoms. The van der Waals surface area contributed by atoms with Crippen LogP contribution < -0.4 is 29.1 Å². The van der Waals surface area contributed by atoms with Crippen molar-refractivity contribution in [2.24, 2.45) is 4.99 Å². The van der Waals surface area contributed by atoms with Crippen LogP contribution in [-0.2, 0) is 13.0 Å². The van der Waals surface area contributed by atoms with Crippen LogP contribution in [-0.4, -0.2) is 18.8 Å². The van der Waals surface area contributed by atoms with Crippen molar-refractivity contribution < 1.29 is 18.6 Å². The summed E-state index contributed by atoms with van der Waals surface area (Å²) in [5.41, 5.74) is 6.48. The van der Waals surface area contributed by atoms with Crippen LogP contribution in [0.4, 0.5) is 4.39 Å². The first-order valence-corrected chi connectivity index (χ1v) is 16.4. The first-order valence-electron chi connectivity index (χ1n) is 14.5. The molecule has 0 bridgehead atoms. The Balaban J connectivity index is 1.35. The quantitative estimate of drug-likeness (QED) is 0.176. The van der Waals surface area contributed by atoms with E-state index in [0.717, 1.165) is 50.1 Å². The number of ether oxygens (including phenoxy) is 3. The largest absolute Gasteiger partial charge is 0.496 e. The van der Waals surface area contributed by atoms with Crippen molar-refractivity contribution in [3.63, 3.8) is 0 Å². The van der Waals surface area contributed by atoms with Gasteiger partial charge in [0.25, 0.3) is 5.56 Å². The summed E-state index contributed by atoms with van der Waals surface area (Å²) in [6, 6.07) is 26.2. The average Bonchev–Trinajstić information content (AvgIpc) is 3.37. The molecule has 4 aromatic carbocycles. The van der Waals surface area contributed by atoms with Gasteiger partial charge < -0.3 is 14.2 Å². The van der Waals surface area contributed by atoms with Crippen molar-refractivity contribution in [3.8, 4) is 17.2 Å². The number of methoxy groups -OCH3 is 2. The second-order valence-corrected chi connectivity index (χ2v) is 12.9. The number of hydrogen-bond acceptors (Lipinski definition) is 6. The van der Waals surface area contributed by atoms with E-state index in [0.29, 0.717) is 26.4 Å². The zero-order valence-electron chi connectivity index (χ0n) is 24.6. The number of fused-ring (bicyclic) bond motifs is 3. The maximum Gasteiger partial charge on any atom is 0.271 e. The molecule has 0 radical (unpaired) electrons. The summed E-state index contributed by atoms with van der Waals surface area (Å²) >= 11 is 3.55. The van der Waals surface area contributed by atoms with Crippen LogP contribution in [0.3, 0.4) is 0 Å². The van der Waals surface area contributed by atoms with Gasteiger partial charge in [-0.3, -0.25) is 9.36 Å². The van der Waals surface area contributed by atoms with Crippen molar-refractivity contribution in [2.75, 3.05) is 14.2 Å². The normalized spacial score (nSPS) is 15.6. The number of aryl methyl sites for hydroxylation is 1. The molecule has 7 rings (SSSR count). The lowest BCUT2D eigenvalue weighted by atomic mass is 9.83. The van der Waals surface area contributed by atoms with Crippen LogP contribution in [0.5, 0.6) is 17.2 Å².